The first-order chi connectivity index (χ1) is 12.7. The van der Waals surface area contributed by atoms with Crippen molar-refractivity contribution in [3.63, 3.8) is 0 Å². The molecule has 27 heavy (non-hydrogen) atoms. The molecule has 0 aliphatic heterocycles. The SMILES string of the molecule is CC(C)(C)OC(=O)COc1ccc(/C=N/NC(=O)c2ccc(F)cc2)cc1. The second-order valence-corrected chi connectivity index (χ2v) is 6.65. The van der Waals surface area contributed by atoms with Gasteiger partial charge in [0.1, 0.15) is 17.2 Å². The first kappa shape index (κ1) is 20.1. The zero-order valence-electron chi connectivity index (χ0n) is 15.4. The Bertz CT molecular complexity index is 809. The minimum atomic E-state index is -0.556. The van der Waals surface area contributed by atoms with Crippen LogP contribution in [0.1, 0.15) is 36.7 Å². The first-order valence-electron chi connectivity index (χ1n) is 8.27. The third-order valence-corrected chi connectivity index (χ3v) is 3.14. The van der Waals surface area contributed by atoms with Gasteiger partial charge in [0, 0.05) is 5.56 Å². The molecule has 142 valence electrons. The highest BCUT2D eigenvalue weighted by molar-refractivity contribution is 5.94. The van der Waals surface area contributed by atoms with Crippen molar-refractivity contribution in [2.45, 2.75) is 26.4 Å². The predicted molar refractivity (Wildman–Crippen MR) is 99.2 cm³/mol. The first-order valence-corrected chi connectivity index (χ1v) is 8.27. The van der Waals surface area contributed by atoms with Gasteiger partial charge in [-0.05, 0) is 74.9 Å². The minimum absolute atomic E-state index is 0.182. The van der Waals surface area contributed by atoms with Gasteiger partial charge < -0.3 is 9.47 Å². The number of hydrogen-bond donors (Lipinski definition) is 1. The van der Waals surface area contributed by atoms with E-state index in [9.17, 15) is 14.0 Å². The fourth-order valence-electron chi connectivity index (χ4n) is 1.99. The number of hydrazone groups is 1. The number of amides is 1. The summed E-state index contributed by atoms with van der Waals surface area (Å²) in [7, 11) is 0. The lowest BCUT2D eigenvalue weighted by atomic mass is 10.2. The van der Waals surface area contributed by atoms with Crippen LogP contribution in [0, 0.1) is 5.82 Å². The lowest BCUT2D eigenvalue weighted by Crippen LogP contribution is -2.27. The van der Waals surface area contributed by atoms with Gasteiger partial charge in [-0.3, -0.25) is 4.79 Å². The van der Waals surface area contributed by atoms with Crippen molar-refractivity contribution in [3.05, 3.63) is 65.5 Å². The topological polar surface area (TPSA) is 77.0 Å². The van der Waals surface area contributed by atoms with Gasteiger partial charge in [-0.15, -0.1) is 0 Å². The van der Waals surface area contributed by atoms with E-state index in [0.717, 1.165) is 5.56 Å². The smallest absolute Gasteiger partial charge is 0.344 e. The van der Waals surface area contributed by atoms with Gasteiger partial charge in [-0.2, -0.15) is 5.10 Å². The number of nitrogens with zero attached hydrogens (tertiary/aromatic N) is 1. The molecule has 0 radical (unpaired) electrons. The molecule has 0 heterocycles. The molecule has 1 N–H and O–H groups in total. The quantitative estimate of drug-likeness (QED) is 0.479. The largest absolute Gasteiger partial charge is 0.482 e. The Kier molecular flexibility index (Phi) is 6.65. The summed E-state index contributed by atoms with van der Waals surface area (Å²) in [6, 6.07) is 11.9. The molecule has 0 aliphatic carbocycles. The zero-order valence-corrected chi connectivity index (χ0v) is 15.4. The highest BCUT2D eigenvalue weighted by atomic mass is 19.1. The van der Waals surface area contributed by atoms with E-state index in [0.29, 0.717) is 11.3 Å². The van der Waals surface area contributed by atoms with Gasteiger partial charge >= 0.3 is 5.97 Å². The second-order valence-electron chi connectivity index (χ2n) is 6.65. The summed E-state index contributed by atoms with van der Waals surface area (Å²) < 4.78 is 23.3. The fourth-order valence-corrected chi connectivity index (χ4v) is 1.99. The molecule has 0 aromatic heterocycles. The normalized spacial score (nSPS) is 11.3. The molecular formula is C20H21FN2O4. The average molecular weight is 372 g/mol. The maximum atomic E-state index is 12.8. The van der Waals surface area contributed by atoms with E-state index < -0.39 is 23.3 Å². The Labute approximate surface area is 157 Å². The van der Waals surface area contributed by atoms with E-state index in [2.05, 4.69) is 10.5 Å². The van der Waals surface area contributed by atoms with E-state index in [-0.39, 0.29) is 6.61 Å². The summed E-state index contributed by atoms with van der Waals surface area (Å²) in [6.45, 7) is 5.17. The van der Waals surface area contributed by atoms with Crippen LogP contribution in [0.5, 0.6) is 5.75 Å². The van der Waals surface area contributed by atoms with Crippen LogP contribution in [-0.2, 0) is 9.53 Å². The molecule has 0 atom stereocenters. The molecule has 0 spiro atoms. The van der Waals surface area contributed by atoms with Crippen LogP contribution in [0.3, 0.4) is 0 Å². The van der Waals surface area contributed by atoms with Crippen molar-refractivity contribution in [1.82, 2.24) is 5.43 Å². The van der Waals surface area contributed by atoms with Crippen molar-refractivity contribution < 1.29 is 23.5 Å². The van der Waals surface area contributed by atoms with Crippen LogP contribution in [0.4, 0.5) is 4.39 Å². The Hall–Kier alpha value is -3.22. The fraction of sp³-hybridized carbons (Fsp3) is 0.250. The lowest BCUT2D eigenvalue weighted by Gasteiger charge is -2.19. The Morgan fingerprint density at radius 1 is 1.07 bits per heavy atom. The number of hydrogen-bond acceptors (Lipinski definition) is 5. The number of nitrogens with one attached hydrogen (secondary N) is 1. The van der Waals surface area contributed by atoms with Gasteiger partial charge in [0.15, 0.2) is 6.61 Å². The van der Waals surface area contributed by atoms with E-state index >= 15 is 0 Å². The van der Waals surface area contributed by atoms with E-state index in [1.54, 1.807) is 45.0 Å². The Morgan fingerprint density at radius 3 is 2.30 bits per heavy atom. The molecule has 0 unspecified atom stereocenters. The number of rotatable bonds is 6. The van der Waals surface area contributed by atoms with Crippen molar-refractivity contribution >= 4 is 18.1 Å². The summed E-state index contributed by atoms with van der Waals surface area (Å²) in [5, 5.41) is 3.85. The molecule has 2 aromatic carbocycles. The molecule has 7 heteroatoms. The van der Waals surface area contributed by atoms with Crippen molar-refractivity contribution in [2.24, 2.45) is 5.10 Å². The van der Waals surface area contributed by atoms with Crippen LogP contribution in [0.2, 0.25) is 0 Å². The standard InChI is InChI=1S/C20H21FN2O4/c1-20(2,3)27-18(24)13-26-17-10-4-14(5-11-17)12-22-23-19(25)15-6-8-16(21)9-7-15/h4-12H,13H2,1-3H3,(H,23,25)/b22-12+. The van der Waals surface area contributed by atoms with Crippen molar-refractivity contribution in [1.29, 1.82) is 0 Å². The van der Waals surface area contributed by atoms with Crippen LogP contribution in [0.25, 0.3) is 0 Å². The van der Waals surface area contributed by atoms with Crippen LogP contribution in [0.15, 0.2) is 53.6 Å². The lowest BCUT2D eigenvalue weighted by molar-refractivity contribution is -0.157. The molecule has 1 amide bonds. The monoisotopic (exact) mass is 372 g/mol. The number of ether oxygens (including phenoxy) is 2. The summed E-state index contributed by atoms with van der Waals surface area (Å²) >= 11 is 0. The number of carbonyl (C=O) groups is 2. The molecule has 2 aromatic rings. The molecule has 0 aliphatic rings. The maximum Gasteiger partial charge on any atom is 0.344 e. The zero-order chi connectivity index (χ0) is 19.9. The average Bonchev–Trinajstić information content (AvgIpc) is 2.60. The van der Waals surface area contributed by atoms with Crippen molar-refractivity contribution in [2.75, 3.05) is 6.61 Å². The van der Waals surface area contributed by atoms with Crippen LogP contribution in [-0.4, -0.2) is 30.3 Å². The third-order valence-electron chi connectivity index (χ3n) is 3.14. The van der Waals surface area contributed by atoms with Gasteiger partial charge in [0.25, 0.3) is 5.91 Å². The van der Waals surface area contributed by atoms with Gasteiger partial charge in [0.2, 0.25) is 0 Å². The van der Waals surface area contributed by atoms with E-state index in [1.807, 2.05) is 0 Å². The summed E-state index contributed by atoms with van der Waals surface area (Å²) in [6.07, 6.45) is 1.46. The van der Waals surface area contributed by atoms with E-state index in [1.165, 1.54) is 30.5 Å². The highest BCUT2D eigenvalue weighted by Crippen LogP contribution is 2.12. The maximum absolute atomic E-state index is 12.8. The minimum Gasteiger partial charge on any atom is -0.482 e. The van der Waals surface area contributed by atoms with Crippen LogP contribution < -0.4 is 10.2 Å². The third kappa shape index (κ3) is 7.27. The second kappa shape index (κ2) is 8.93. The van der Waals surface area contributed by atoms with Gasteiger partial charge in [0.05, 0.1) is 6.21 Å². The molecule has 0 saturated heterocycles. The summed E-state index contributed by atoms with van der Waals surface area (Å²) in [4.78, 5) is 23.4. The van der Waals surface area contributed by atoms with Gasteiger partial charge in [-0.25, -0.2) is 14.6 Å². The summed E-state index contributed by atoms with van der Waals surface area (Å²) in [5.41, 5.74) is 2.83. The predicted octanol–water partition coefficient (Wildman–Crippen LogP) is 3.31. The molecule has 0 bridgehead atoms. The Morgan fingerprint density at radius 2 is 1.70 bits per heavy atom. The number of esters is 1. The van der Waals surface area contributed by atoms with Crippen LogP contribution >= 0.6 is 0 Å². The summed E-state index contributed by atoms with van der Waals surface area (Å²) in [5.74, 6) is -0.794. The Balaban J connectivity index is 1.82. The number of carbonyl (C=O) groups excluding carboxylic acids is 2. The highest BCUT2D eigenvalue weighted by Gasteiger charge is 2.16. The van der Waals surface area contributed by atoms with Gasteiger partial charge in [-0.1, -0.05) is 0 Å². The molecule has 0 fully saturated rings. The molecule has 6 nitrogen and oxygen atoms in total. The number of benzene rings is 2. The molecule has 0 saturated carbocycles. The van der Waals surface area contributed by atoms with E-state index in [4.69, 9.17) is 9.47 Å². The molecular weight excluding hydrogens is 351 g/mol. The number of halogens is 1. The molecule has 2 rings (SSSR count). The van der Waals surface area contributed by atoms with Crippen molar-refractivity contribution in [3.8, 4) is 5.75 Å².